The van der Waals surface area contributed by atoms with Crippen LogP contribution in [0.4, 0.5) is 0 Å². The van der Waals surface area contributed by atoms with Gasteiger partial charge < -0.3 is 4.90 Å². The van der Waals surface area contributed by atoms with Crippen molar-refractivity contribution in [2.75, 3.05) is 20.6 Å². The summed E-state index contributed by atoms with van der Waals surface area (Å²) in [4.78, 5) is 13.5. The van der Waals surface area contributed by atoms with Crippen molar-refractivity contribution in [2.24, 2.45) is 0 Å². The van der Waals surface area contributed by atoms with E-state index in [0.29, 0.717) is 11.1 Å². The van der Waals surface area contributed by atoms with E-state index in [2.05, 4.69) is 32.5 Å². The Morgan fingerprint density at radius 3 is 2.24 bits per heavy atom. The molecular weight excluding hydrogens is 404 g/mol. The van der Waals surface area contributed by atoms with Crippen molar-refractivity contribution < 1.29 is 13.2 Å². The Morgan fingerprint density at radius 2 is 1.68 bits per heavy atom. The van der Waals surface area contributed by atoms with Gasteiger partial charge in [0.15, 0.2) is 0 Å². The zero-order chi connectivity index (χ0) is 18.4. The Labute approximate surface area is 156 Å². The van der Waals surface area contributed by atoms with Crippen LogP contribution < -0.4 is 4.72 Å². The Kier molecular flexibility index (Phi) is 6.37. The number of rotatable bonds is 4. The van der Waals surface area contributed by atoms with Crippen molar-refractivity contribution in [3.8, 4) is 11.8 Å². The summed E-state index contributed by atoms with van der Waals surface area (Å²) in [6.45, 7) is -0.00320. The number of amides is 1. The van der Waals surface area contributed by atoms with E-state index in [1.165, 1.54) is 17.0 Å². The molecule has 0 aromatic heterocycles. The van der Waals surface area contributed by atoms with Crippen LogP contribution in [0.15, 0.2) is 57.9 Å². The quantitative estimate of drug-likeness (QED) is 0.772. The van der Waals surface area contributed by atoms with Gasteiger partial charge in [-0.05, 0) is 48.5 Å². The number of benzene rings is 2. The molecule has 0 saturated carbocycles. The molecule has 0 fully saturated rings. The Morgan fingerprint density at radius 1 is 1.08 bits per heavy atom. The number of carbonyl (C=O) groups is 1. The molecule has 0 radical (unpaired) electrons. The molecule has 0 aliphatic heterocycles. The molecule has 2 rings (SSSR count). The summed E-state index contributed by atoms with van der Waals surface area (Å²) < 4.78 is 27.4. The zero-order valence-corrected chi connectivity index (χ0v) is 16.2. The lowest BCUT2D eigenvalue weighted by molar-refractivity contribution is 0.0827. The Balaban J connectivity index is 1.98. The number of sulfonamides is 1. The summed E-state index contributed by atoms with van der Waals surface area (Å²) >= 11 is 3.26. The van der Waals surface area contributed by atoms with Crippen molar-refractivity contribution >= 4 is 31.9 Å². The molecule has 7 heteroatoms. The molecule has 0 unspecified atom stereocenters. The molecule has 1 amide bonds. The van der Waals surface area contributed by atoms with Gasteiger partial charge in [-0.3, -0.25) is 4.79 Å². The first-order valence-corrected chi connectivity index (χ1v) is 9.63. The van der Waals surface area contributed by atoms with Crippen LogP contribution in [-0.4, -0.2) is 39.9 Å². The van der Waals surface area contributed by atoms with Crippen LogP contribution in [0.2, 0.25) is 0 Å². The summed E-state index contributed by atoms with van der Waals surface area (Å²) in [5.41, 5.74) is 1.28. The van der Waals surface area contributed by atoms with E-state index in [4.69, 9.17) is 0 Å². The highest BCUT2D eigenvalue weighted by Gasteiger charge is 2.12. The minimum absolute atomic E-state index is 0.00320. The Hall–Kier alpha value is -2.14. The smallest absolute Gasteiger partial charge is 0.253 e. The average molecular weight is 421 g/mol. The number of carbonyl (C=O) groups excluding carboxylic acids is 1. The topological polar surface area (TPSA) is 66.5 Å². The van der Waals surface area contributed by atoms with Crippen LogP contribution in [0.25, 0.3) is 0 Å². The molecule has 0 bridgehead atoms. The van der Waals surface area contributed by atoms with E-state index in [0.717, 1.165) is 4.47 Å². The fourth-order valence-electron chi connectivity index (χ4n) is 1.93. The molecule has 2 aromatic rings. The van der Waals surface area contributed by atoms with E-state index < -0.39 is 10.0 Å². The second-order valence-electron chi connectivity index (χ2n) is 5.36. The van der Waals surface area contributed by atoms with Crippen molar-refractivity contribution in [1.29, 1.82) is 0 Å². The molecule has 0 aliphatic carbocycles. The maximum absolute atomic E-state index is 12.1. The van der Waals surface area contributed by atoms with Crippen LogP contribution >= 0.6 is 15.9 Å². The van der Waals surface area contributed by atoms with Gasteiger partial charge >= 0.3 is 0 Å². The first-order chi connectivity index (χ1) is 11.8. The first kappa shape index (κ1) is 19.2. The maximum Gasteiger partial charge on any atom is 0.253 e. The molecule has 0 saturated heterocycles. The van der Waals surface area contributed by atoms with Crippen molar-refractivity contribution in [2.45, 2.75) is 4.90 Å². The van der Waals surface area contributed by atoms with Gasteiger partial charge in [-0.15, -0.1) is 0 Å². The largest absolute Gasteiger partial charge is 0.345 e. The fraction of sp³-hybridized carbons (Fsp3) is 0.167. The van der Waals surface area contributed by atoms with Gasteiger partial charge in [-0.1, -0.05) is 27.8 Å². The van der Waals surface area contributed by atoms with Crippen molar-refractivity contribution in [3.05, 3.63) is 64.1 Å². The van der Waals surface area contributed by atoms with Crippen LogP contribution in [0.5, 0.6) is 0 Å². The lowest BCUT2D eigenvalue weighted by atomic mass is 10.1. The lowest BCUT2D eigenvalue weighted by Gasteiger charge is -2.09. The monoisotopic (exact) mass is 420 g/mol. The number of hydrogen-bond donors (Lipinski definition) is 1. The fourth-order valence-corrected chi connectivity index (χ4v) is 3.12. The average Bonchev–Trinajstić information content (AvgIpc) is 2.59. The lowest BCUT2D eigenvalue weighted by Crippen LogP contribution is -2.23. The standard InChI is InChI=1S/C18H17BrN2O3S/c1-21(2)18(22)15-7-5-14(6-8-15)4-3-13-20-25(23,24)17-11-9-16(19)10-12-17/h5-12,20H,13H2,1-2H3. The summed E-state index contributed by atoms with van der Waals surface area (Å²) in [7, 11) is -0.206. The van der Waals surface area contributed by atoms with E-state index in [1.54, 1.807) is 50.5 Å². The normalized spacial score (nSPS) is 10.7. The second kappa shape index (κ2) is 8.30. The van der Waals surface area contributed by atoms with Crippen molar-refractivity contribution in [3.63, 3.8) is 0 Å². The number of nitrogens with one attached hydrogen (secondary N) is 1. The summed E-state index contributed by atoms with van der Waals surface area (Å²) in [5, 5.41) is 0. The predicted molar refractivity (Wildman–Crippen MR) is 101 cm³/mol. The maximum atomic E-state index is 12.1. The van der Waals surface area contributed by atoms with E-state index in [1.807, 2.05) is 0 Å². The van der Waals surface area contributed by atoms with Gasteiger partial charge in [0, 0.05) is 29.7 Å². The summed E-state index contributed by atoms with van der Waals surface area (Å²) in [5.74, 6) is 5.55. The van der Waals surface area contributed by atoms with Gasteiger partial charge in [0.05, 0.1) is 11.4 Å². The highest BCUT2D eigenvalue weighted by molar-refractivity contribution is 9.10. The SMILES string of the molecule is CN(C)C(=O)c1ccc(C#CCNS(=O)(=O)c2ccc(Br)cc2)cc1. The molecule has 0 atom stereocenters. The molecule has 5 nitrogen and oxygen atoms in total. The highest BCUT2D eigenvalue weighted by Crippen LogP contribution is 2.14. The molecule has 0 aliphatic rings. The van der Waals surface area contributed by atoms with Gasteiger partial charge in [-0.2, -0.15) is 4.72 Å². The highest BCUT2D eigenvalue weighted by atomic mass is 79.9. The minimum atomic E-state index is -3.58. The molecular formula is C18H17BrN2O3S. The third-order valence-electron chi connectivity index (χ3n) is 3.25. The second-order valence-corrected chi connectivity index (χ2v) is 8.04. The molecule has 25 heavy (non-hydrogen) atoms. The minimum Gasteiger partial charge on any atom is -0.345 e. The van der Waals surface area contributed by atoms with Gasteiger partial charge in [0.1, 0.15) is 0 Å². The van der Waals surface area contributed by atoms with Crippen molar-refractivity contribution in [1.82, 2.24) is 9.62 Å². The predicted octanol–water partition coefficient (Wildman–Crippen LogP) is 2.48. The van der Waals surface area contributed by atoms with E-state index in [-0.39, 0.29) is 17.3 Å². The molecule has 1 N–H and O–H groups in total. The number of hydrogen-bond acceptors (Lipinski definition) is 3. The van der Waals surface area contributed by atoms with E-state index >= 15 is 0 Å². The van der Waals surface area contributed by atoms with Crippen LogP contribution in [-0.2, 0) is 10.0 Å². The molecule has 0 spiro atoms. The molecule has 130 valence electrons. The van der Waals surface area contributed by atoms with Gasteiger partial charge in [-0.25, -0.2) is 8.42 Å². The summed E-state index contributed by atoms with van der Waals surface area (Å²) in [6, 6.07) is 13.2. The number of nitrogens with zero attached hydrogens (tertiary/aromatic N) is 1. The number of halogens is 1. The first-order valence-electron chi connectivity index (χ1n) is 7.35. The van der Waals surface area contributed by atoms with Crippen LogP contribution in [0.1, 0.15) is 15.9 Å². The zero-order valence-electron chi connectivity index (χ0n) is 13.8. The third kappa shape index (κ3) is 5.43. The third-order valence-corrected chi connectivity index (χ3v) is 5.19. The molecule has 2 aromatic carbocycles. The van der Waals surface area contributed by atoms with Gasteiger partial charge in [0.25, 0.3) is 5.91 Å². The van der Waals surface area contributed by atoms with Crippen LogP contribution in [0.3, 0.4) is 0 Å². The summed E-state index contributed by atoms with van der Waals surface area (Å²) in [6.07, 6.45) is 0. The van der Waals surface area contributed by atoms with Crippen LogP contribution in [0, 0.1) is 11.8 Å². The Bertz CT molecular complexity index is 910. The van der Waals surface area contributed by atoms with E-state index in [9.17, 15) is 13.2 Å². The van der Waals surface area contributed by atoms with Gasteiger partial charge in [0.2, 0.25) is 10.0 Å². The molecule has 0 heterocycles.